The first-order valence-electron chi connectivity index (χ1n) is 10.4. The molecule has 1 aliphatic heterocycles. The highest BCUT2D eigenvalue weighted by Crippen LogP contribution is 2.28. The van der Waals surface area contributed by atoms with Crippen LogP contribution in [0, 0.1) is 18.3 Å². The molecule has 0 unspecified atom stereocenters. The van der Waals surface area contributed by atoms with Gasteiger partial charge in [-0.15, -0.1) is 11.3 Å². The molecule has 7 heteroatoms. The first kappa shape index (κ1) is 22.4. The average Bonchev–Trinajstić information content (AvgIpc) is 3.30. The van der Waals surface area contributed by atoms with Crippen LogP contribution in [0.15, 0.2) is 29.8 Å². The molecule has 1 aliphatic rings. The molecule has 30 heavy (non-hydrogen) atoms. The Morgan fingerprint density at radius 2 is 1.97 bits per heavy atom. The molecule has 1 fully saturated rings. The smallest absolute Gasteiger partial charge is 0.243 e. The van der Waals surface area contributed by atoms with Crippen molar-refractivity contribution in [2.45, 2.75) is 59.7 Å². The van der Waals surface area contributed by atoms with Crippen molar-refractivity contribution in [3.05, 3.63) is 41.0 Å². The van der Waals surface area contributed by atoms with Crippen LogP contribution in [-0.2, 0) is 16.1 Å². The third kappa shape index (κ3) is 4.90. The Kier molecular flexibility index (Phi) is 6.62. The van der Waals surface area contributed by atoms with Crippen molar-refractivity contribution in [2.24, 2.45) is 17.1 Å². The summed E-state index contributed by atoms with van der Waals surface area (Å²) in [5.74, 6) is 0.0197. The van der Waals surface area contributed by atoms with Crippen molar-refractivity contribution in [3.63, 3.8) is 0 Å². The molecule has 3 rings (SSSR count). The molecule has 2 aromatic rings. The molecule has 1 aromatic carbocycles. The topological polar surface area (TPSA) is 88.3 Å². The Bertz CT molecular complexity index is 901. The van der Waals surface area contributed by atoms with Crippen LogP contribution in [0.4, 0.5) is 0 Å². The van der Waals surface area contributed by atoms with Crippen molar-refractivity contribution >= 4 is 23.2 Å². The van der Waals surface area contributed by atoms with E-state index in [0.717, 1.165) is 21.7 Å². The number of nitrogens with two attached hydrogens (primary N) is 1. The van der Waals surface area contributed by atoms with E-state index < -0.39 is 12.1 Å². The summed E-state index contributed by atoms with van der Waals surface area (Å²) in [4.78, 5) is 32.9. The van der Waals surface area contributed by atoms with Crippen LogP contribution < -0.4 is 11.1 Å². The highest BCUT2D eigenvalue weighted by atomic mass is 32.1. The summed E-state index contributed by atoms with van der Waals surface area (Å²) in [6.07, 6.45) is 0.665. The van der Waals surface area contributed by atoms with Gasteiger partial charge in [0.15, 0.2) is 0 Å². The summed E-state index contributed by atoms with van der Waals surface area (Å²) < 4.78 is 0. The van der Waals surface area contributed by atoms with Gasteiger partial charge >= 0.3 is 0 Å². The molecule has 1 aromatic heterocycles. The van der Waals surface area contributed by atoms with Crippen molar-refractivity contribution in [1.82, 2.24) is 15.2 Å². The molecule has 2 heterocycles. The minimum absolute atomic E-state index is 0.115. The maximum atomic E-state index is 12.9. The van der Waals surface area contributed by atoms with E-state index in [0.29, 0.717) is 19.5 Å². The van der Waals surface area contributed by atoms with E-state index in [1.54, 1.807) is 16.2 Å². The van der Waals surface area contributed by atoms with Crippen LogP contribution in [0.5, 0.6) is 0 Å². The second-order valence-corrected chi connectivity index (χ2v) is 10.2. The van der Waals surface area contributed by atoms with Gasteiger partial charge < -0.3 is 16.0 Å². The zero-order chi connectivity index (χ0) is 22.1. The number of likely N-dealkylation sites (tertiary alicyclic amines) is 1. The Balaban J connectivity index is 1.63. The summed E-state index contributed by atoms with van der Waals surface area (Å²) in [5.41, 5.74) is 10.9. The van der Waals surface area contributed by atoms with Gasteiger partial charge in [0.1, 0.15) is 6.04 Å². The number of nitrogens with one attached hydrogen (secondary N) is 1. The number of thiazole rings is 1. The summed E-state index contributed by atoms with van der Waals surface area (Å²) in [6, 6.07) is 7.06. The molecule has 1 saturated heterocycles. The molecule has 2 amide bonds. The van der Waals surface area contributed by atoms with Crippen LogP contribution in [0.2, 0.25) is 0 Å². The third-order valence-electron chi connectivity index (χ3n) is 5.72. The lowest BCUT2D eigenvalue weighted by Crippen LogP contribution is -2.54. The molecule has 0 saturated carbocycles. The monoisotopic (exact) mass is 428 g/mol. The lowest BCUT2D eigenvalue weighted by Gasteiger charge is -2.32. The lowest BCUT2D eigenvalue weighted by molar-refractivity contribution is -0.141. The van der Waals surface area contributed by atoms with E-state index in [4.69, 9.17) is 5.73 Å². The Morgan fingerprint density at radius 3 is 2.53 bits per heavy atom. The van der Waals surface area contributed by atoms with E-state index in [2.05, 4.69) is 29.4 Å². The molecule has 0 spiro atoms. The molecule has 6 nitrogen and oxygen atoms in total. The van der Waals surface area contributed by atoms with Gasteiger partial charge in [-0.25, -0.2) is 4.98 Å². The van der Waals surface area contributed by atoms with Crippen molar-refractivity contribution in [1.29, 1.82) is 0 Å². The molecular weight excluding hydrogens is 396 g/mol. The SMILES string of the molecule is Cc1ncsc1-c1ccc(CNC(=O)[C@@H]2C[C@@H](C)CN2C(=O)[C@@H](N)C(C)(C)C)cc1. The number of aryl methyl sites for hydroxylation is 1. The van der Waals surface area contributed by atoms with Gasteiger partial charge in [-0.05, 0) is 35.8 Å². The Hall–Kier alpha value is -2.25. The average molecular weight is 429 g/mol. The fraction of sp³-hybridized carbons (Fsp3) is 0.522. The molecular formula is C23H32N4O2S. The molecule has 0 bridgehead atoms. The number of benzene rings is 1. The van der Waals surface area contributed by atoms with Gasteiger partial charge in [0, 0.05) is 13.1 Å². The summed E-state index contributed by atoms with van der Waals surface area (Å²) in [6.45, 7) is 10.9. The fourth-order valence-corrected chi connectivity index (χ4v) is 4.56. The molecule has 3 N–H and O–H groups in total. The van der Waals surface area contributed by atoms with Crippen molar-refractivity contribution < 1.29 is 9.59 Å². The zero-order valence-corrected chi connectivity index (χ0v) is 19.3. The van der Waals surface area contributed by atoms with Gasteiger partial charge in [0.25, 0.3) is 0 Å². The van der Waals surface area contributed by atoms with Crippen molar-refractivity contribution in [2.75, 3.05) is 6.54 Å². The van der Waals surface area contributed by atoms with Crippen LogP contribution in [-0.4, -0.2) is 40.3 Å². The van der Waals surface area contributed by atoms with E-state index >= 15 is 0 Å². The maximum absolute atomic E-state index is 12.9. The largest absolute Gasteiger partial charge is 0.350 e. The van der Waals surface area contributed by atoms with E-state index in [-0.39, 0.29) is 23.1 Å². The molecule has 3 atom stereocenters. The number of carbonyl (C=O) groups is 2. The van der Waals surface area contributed by atoms with Crippen LogP contribution in [0.1, 0.15) is 45.4 Å². The predicted molar refractivity (Wildman–Crippen MR) is 121 cm³/mol. The van der Waals surface area contributed by atoms with Crippen LogP contribution in [0.3, 0.4) is 0 Å². The normalized spacial score (nSPS) is 20.3. The Labute approximate surface area is 182 Å². The number of aromatic nitrogens is 1. The number of hydrogen-bond donors (Lipinski definition) is 2. The van der Waals surface area contributed by atoms with Gasteiger partial charge in [0.05, 0.1) is 22.1 Å². The van der Waals surface area contributed by atoms with Crippen LogP contribution >= 0.6 is 11.3 Å². The maximum Gasteiger partial charge on any atom is 0.243 e. The van der Waals surface area contributed by atoms with E-state index in [1.165, 1.54) is 0 Å². The Morgan fingerprint density at radius 1 is 1.30 bits per heavy atom. The number of hydrogen-bond acceptors (Lipinski definition) is 5. The second kappa shape index (κ2) is 8.86. The van der Waals surface area contributed by atoms with Gasteiger partial charge in [0.2, 0.25) is 11.8 Å². The summed E-state index contributed by atoms with van der Waals surface area (Å²) in [5, 5.41) is 3.01. The third-order valence-corrected chi connectivity index (χ3v) is 6.70. The number of carbonyl (C=O) groups excluding carboxylic acids is 2. The van der Waals surface area contributed by atoms with Gasteiger partial charge in [-0.1, -0.05) is 52.0 Å². The lowest BCUT2D eigenvalue weighted by atomic mass is 9.86. The van der Waals surface area contributed by atoms with E-state index in [1.807, 2.05) is 45.3 Å². The number of rotatable bonds is 5. The summed E-state index contributed by atoms with van der Waals surface area (Å²) in [7, 11) is 0. The quantitative estimate of drug-likeness (QED) is 0.764. The molecule has 0 radical (unpaired) electrons. The van der Waals surface area contributed by atoms with Crippen LogP contribution in [0.25, 0.3) is 10.4 Å². The minimum atomic E-state index is -0.624. The van der Waals surface area contributed by atoms with Gasteiger partial charge in [-0.2, -0.15) is 0 Å². The fourth-order valence-electron chi connectivity index (χ4n) is 3.75. The zero-order valence-electron chi connectivity index (χ0n) is 18.4. The minimum Gasteiger partial charge on any atom is -0.350 e. The first-order valence-corrected chi connectivity index (χ1v) is 11.3. The highest BCUT2D eigenvalue weighted by Gasteiger charge is 2.41. The van der Waals surface area contributed by atoms with Gasteiger partial charge in [-0.3, -0.25) is 9.59 Å². The number of amides is 2. The predicted octanol–water partition coefficient (Wildman–Crippen LogP) is 3.35. The number of nitrogens with zero attached hydrogens (tertiary/aromatic N) is 2. The summed E-state index contributed by atoms with van der Waals surface area (Å²) >= 11 is 1.62. The van der Waals surface area contributed by atoms with Crippen molar-refractivity contribution in [3.8, 4) is 10.4 Å². The first-order chi connectivity index (χ1) is 14.1. The highest BCUT2D eigenvalue weighted by molar-refractivity contribution is 7.13. The second-order valence-electron chi connectivity index (χ2n) is 9.37. The van der Waals surface area contributed by atoms with E-state index in [9.17, 15) is 9.59 Å². The molecule has 162 valence electrons. The molecule has 0 aliphatic carbocycles. The standard InChI is InChI=1S/C23H32N4O2S/c1-14-10-18(27(12-14)22(29)20(24)23(3,4)5)21(28)25-11-16-6-8-17(9-7-16)19-15(2)26-13-30-19/h6-9,13-14,18,20H,10-12,24H2,1-5H3,(H,25,28)/t14-,18+,20-/m1/s1.